The number of ether oxygens (including phenoxy) is 1. The van der Waals surface area contributed by atoms with Crippen LogP contribution in [0.4, 0.5) is 0 Å². The van der Waals surface area contributed by atoms with E-state index in [-0.39, 0.29) is 6.61 Å². The van der Waals surface area contributed by atoms with Crippen molar-refractivity contribution in [2.45, 2.75) is 32.3 Å². The molecule has 76 valence electrons. The fourth-order valence-corrected chi connectivity index (χ4v) is 0.624. The summed E-state index contributed by atoms with van der Waals surface area (Å²) in [5.41, 5.74) is -2.04. The van der Waals surface area contributed by atoms with Gasteiger partial charge in [-0.15, -0.1) is 0 Å². The van der Waals surface area contributed by atoms with Crippen LogP contribution in [0.2, 0.25) is 0 Å². The van der Waals surface area contributed by atoms with E-state index in [0.717, 1.165) is 6.92 Å². The zero-order valence-electron chi connectivity index (χ0n) is 7.74. The van der Waals surface area contributed by atoms with Gasteiger partial charge in [0.1, 0.15) is 0 Å². The summed E-state index contributed by atoms with van der Waals surface area (Å²) in [7, 11) is 0. The molecule has 2 N–H and O–H groups in total. The largest absolute Gasteiger partial charge is 0.479 e. The lowest BCUT2D eigenvalue weighted by Crippen LogP contribution is -2.37. The average Bonchev–Trinajstić information content (AvgIpc) is 1.99. The Kier molecular flexibility index (Phi) is 4.40. The van der Waals surface area contributed by atoms with Crippen LogP contribution >= 0.6 is 0 Å². The van der Waals surface area contributed by atoms with Gasteiger partial charge in [-0.3, -0.25) is 4.79 Å². The smallest absolute Gasteiger partial charge is 0.335 e. The molecule has 13 heavy (non-hydrogen) atoms. The molecule has 0 amide bonds. The number of aliphatic hydroxyl groups is 1. The molecule has 1 unspecified atom stereocenters. The summed E-state index contributed by atoms with van der Waals surface area (Å²) in [6, 6.07) is 0. The third kappa shape index (κ3) is 4.47. The molecule has 0 aliphatic heterocycles. The van der Waals surface area contributed by atoms with Crippen molar-refractivity contribution in [3.8, 4) is 0 Å². The highest BCUT2D eigenvalue weighted by atomic mass is 16.5. The van der Waals surface area contributed by atoms with Gasteiger partial charge >= 0.3 is 11.9 Å². The standard InChI is InChI=1S/C8H14O5/c1-3-4-13-6(9)5-8(2,12)7(10)11/h12H,3-5H2,1-2H3,(H,10,11). The van der Waals surface area contributed by atoms with E-state index >= 15 is 0 Å². The number of aliphatic carboxylic acids is 1. The molecular weight excluding hydrogens is 176 g/mol. The third-order valence-electron chi connectivity index (χ3n) is 1.42. The normalized spacial score (nSPS) is 14.7. The zero-order chi connectivity index (χ0) is 10.5. The summed E-state index contributed by atoms with van der Waals surface area (Å²) in [6.07, 6.45) is 0.142. The molecule has 0 saturated carbocycles. The minimum absolute atomic E-state index is 0.245. The van der Waals surface area contributed by atoms with E-state index in [1.54, 1.807) is 0 Å². The topological polar surface area (TPSA) is 83.8 Å². The number of carboxylic acid groups (broad SMARTS) is 1. The molecule has 0 radical (unpaired) electrons. The van der Waals surface area contributed by atoms with Crippen molar-refractivity contribution in [1.82, 2.24) is 0 Å². The summed E-state index contributed by atoms with van der Waals surface area (Å²) in [5.74, 6) is -2.13. The number of carboxylic acids is 1. The van der Waals surface area contributed by atoms with Gasteiger partial charge in [0.25, 0.3) is 0 Å². The summed E-state index contributed by atoms with van der Waals surface area (Å²) in [6.45, 7) is 3.12. The molecule has 0 spiro atoms. The summed E-state index contributed by atoms with van der Waals surface area (Å²) < 4.78 is 4.61. The highest BCUT2D eigenvalue weighted by Gasteiger charge is 2.33. The Morgan fingerprint density at radius 2 is 2.00 bits per heavy atom. The number of rotatable bonds is 5. The fraction of sp³-hybridized carbons (Fsp3) is 0.750. The van der Waals surface area contributed by atoms with Gasteiger partial charge in [0.05, 0.1) is 13.0 Å². The molecule has 0 aliphatic rings. The summed E-state index contributed by atoms with van der Waals surface area (Å²) >= 11 is 0. The number of hydrogen-bond donors (Lipinski definition) is 2. The second-order valence-electron chi connectivity index (χ2n) is 2.98. The van der Waals surface area contributed by atoms with Crippen LogP contribution in [0.5, 0.6) is 0 Å². The number of carbonyl (C=O) groups is 2. The molecule has 0 aliphatic carbocycles. The molecule has 0 aromatic carbocycles. The van der Waals surface area contributed by atoms with E-state index in [0.29, 0.717) is 6.42 Å². The van der Waals surface area contributed by atoms with Crippen LogP contribution in [-0.4, -0.2) is 34.4 Å². The second-order valence-corrected chi connectivity index (χ2v) is 2.98. The first-order valence-electron chi connectivity index (χ1n) is 4.01. The van der Waals surface area contributed by atoms with Crippen molar-refractivity contribution in [3.05, 3.63) is 0 Å². The number of carbonyl (C=O) groups excluding carboxylic acids is 1. The highest BCUT2D eigenvalue weighted by molar-refractivity contribution is 5.83. The molecule has 0 fully saturated rings. The first kappa shape index (κ1) is 11.9. The Bertz CT molecular complexity index is 197. The minimum atomic E-state index is -2.04. The maximum Gasteiger partial charge on any atom is 0.335 e. The first-order valence-corrected chi connectivity index (χ1v) is 4.01. The Balaban J connectivity index is 3.97. The Hall–Kier alpha value is -1.10. The van der Waals surface area contributed by atoms with Crippen LogP contribution in [0.1, 0.15) is 26.7 Å². The van der Waals surface area contributed by atoms with E-state index in [4.69, 9.17) is 10.2 Å². The Morgan fingerprint density at radius 1 is 1.46 bits per heavy atom. The van der Waals surface area contributed by atoms with Crippen LogP contribution in [0.15, 0.2) is 0 Å². The highest BCUT2D eigenvalue weighted by Crippen LogP contribution is 2.10. The van der Waals surface area contributed by atoms with Crippen LogP contribution < -0.4 is 0 Å². The predicted molar refractivity (Wildman–Crippen MR) is 44.1 cm³/mol. The maximum absolute atomic E-state index is 10.9. The lowest BCUT2D eigenvalue weighted by atomic mass is 10.0. The minimum Gasteiger partial charge on any atom is -0.479 e. The SMILES string of the molecule is CCCOC(=O)CC(C)(O)C(=O)O. The molecule has 5 heteroatoms. The van der Waals surface area contributed by atoms with Crippen LogP contribution in [-0.2, 0) is 14.3 Å². The predicted octanol–water partition coefficient (Wildman–Crippen LogP) is 0.165. The molecule has 1 atom stereocenters. The van der Waals surface area contributed by atoms with Gasteiger partial charge in [-0.25, -0.2) is 4.79 Å². The van der Waals surface area contributed by atoms with Crippen molar-refractivity contribution in [2.75, 3.05) is 6.61 Å². The van der Waals surface area contributed by atoms with E-state index in [1.165, 1.54) is 0 Å². The number of esters is 1. The van der Waals surface area contributed by atoms with E-state index < -0.39 is 24.0 Å². The third-order valence-corrected chi connectivity index (χ3v) is 1.42. The van der Waals surface area contributed by atoms with Crippen LogP contribution in [0.25, 0.3) is 0 Å². The van der Waals surface area contributed by atoms with E-state index in [2.05, 4.69) is 4.74 Å². The summed E-state index contributed by atoms with van der Waals surface area (Å²) in [4.78, 5) is 21.2. The van der Waals surface area contributed by atoms with Crippen molar-refractivity contribution in [1.29, 1.82) is 0 Å². The Morgan fingerprint density at radius 3 is 2.38 bits per heavy atom. The van der Waals surface area contributed by atoms with E-state index in [1.807, 2.05) is 6.92 Å². The molecule has 0 rings (SSSR count). The van der Waals surface area contributed by atoms with Gasteiger partial charge in [-0.05, 0) is 13.3 Å². The average molecular weight is 190 g/mol. The second kappa shape index (κ2) is 4.81. The molecular formula is C8H14O5. The van der Waals surface area contributed by atoms with Crippen molar-refractivity contribution >= 4 is 11.9 Å². The van der Waals surface area contributed by atoms with Gasteiger partial charge in [-0.2, -0.15) is 0 Å². The summed E-state index contributed by atoms with van der Waals surface area (Å²) in [5, 5.41) is 17.6. The maximum atomic E-state index is 10.9. The van der Waals surface area contributed by atoms with Crippen molar-refractivity contribution in [3.63, 3.8) is 0 Å². The van der Waals surface area contributed by atoms with Gasteiger partial charge in [0.15, 0.2) is 5.60 Å². The van der Waals surface area contributed by atoms with Gasteiger partial charge in [0.2, 0.25) is 0 Å². The molecule has 0 aromatic rings. The van der Waals surface area contributed by atoms with Gasteiger partial charge < -0.3 is 14.9 Å². The molecule has 0 saturated heterocycles. The van der Waals surface area contributed by atoms with Gasteiger partial charge in [0, 0.05) is 0 Å². The molecule has 0 heterocycles. The first-order chi connectivity index (χ1) is 5.90. The monoisotopic (exact) mass is 190 g/mol. The van der Waals surface area contributed by atoms with Crippen molar-refractivity contribution < 1.29 is 24.5 Å². The fourth-order valence-electron chi connectivity index (χ4n) is 0.624. The van der Waals surface area contributed by atoms with Gasteiger partial charge in [-0.1, -0.05) is 6.92 Å². The molecule has 0 aromatic heterocycles. The number of hydrogen-bond acceptors (Lipinski definition) is 4. The van der Waals surface area contributed by atoms with Crippen LogP contribution in [0, 0.1) is 0 Å². The van der Waals surface area contributed by atoms with E-state index in [9.17, 15) is 9.59 Å². The molecule has 0 bridgehead atoms. The van der Waals surface area contributed by atoms with Crippen LogP contribution in [0.3, 0.4) is 0 Å². The lowest BCUT2D eigenvalue weighted by Gasteiger charge is -2.16. The van der Waals surface area contributed by atoms with Crippen molar-refractivity contribution in [2.24, 2.45) is 0 Å². The lowest BCUT2D eigenvalue weighted by molar-refractivity contribution is -0.165. The Labute approximate surface area is 76.3 Å². The zero-order valence-corrected chi connectivity index (χ0v) is 7.74. The molecule has 5 nitrogen and oxygen atoms in total. The quantitative estimate of drug-likeness (QED) is 0.603.